The van der Waals surface area contributed by atoms with E-state index in [9.17, 15) is 28.0 Å². The van der Waals surface area contributed by atoms with Gasteiger partial charge in [-0.2, -0.15) is 13.2 Å². The van der Waals surface area contributed by atoms with Crippen molar-refractivity contribution in [1.82, 2.24) is 10.4 Å². The van der Waals surface area contributed by atoms with Gasteiger partial charge in [0, 0.05) is 6.54 Å². The van der Waals surface area contributed by atoms with E-state index in [1.165, 1.54) is 30.3 Å². The Morgan fingerprint density at radius 2 is 1.50 bits per heavy atom. The van der Waals surface area contributed by atoms with Crippen LogP contribution in [0.4, 0.5) is 13.2 Å². The van der Waals surface area contributed by atoms with Crippen molar-refractivity contribution in [2.24, 2.45) is 0 Å². The standard InChI is InChI=1S/C18H15F3N2O3/c19-18(20,21)15-8-4-1-5-11(15)9-12(22-26)10-23-16(24)13-6-2-3-7-14(13)17(23)25/h1-8,12,22,26H,9-10H2/t12-/m0/s1. The third-order valence-electron chi connectivity index (χ3n) is 4.25. The summed E-state index contributed by atoms with van der Waals surface area (Å²) in [7, 11) is 0. The van der Waals surface area contributed by atoms with Gasteiger partial charge >= 0.3 is 6.18 Å². The van der Waals surface area contributed by atoms with E-state index in [0.717, 1.165) is 11.0 Å². The number of hydroxylamine groups is 1. The highest BCUT2D eigenvalue weighted by Crippen LogP contribution is 2.32. The van der Waals surface area contributed by atoms with E-state index in [-0.39, 0.29) is 29.7 Å². The second kappa shape index (κ2) is 6.89. The Morgan fingerprint density at radius 1 is 0.962 bits per heavy atom. The molecule has 1 atom stereocenters. The highest BCUT2D eigenvalue weighted by Gasteiger charge is 2.37. The normalized spacial score (nSPS) is 15.3. The first-order valence-electron chi connectivity index (χ1n) is 7.83. The van der Waals surface area contributed by atoms with Gasteiger partial charge in [-0.15, -0.1) is 0 Å². The number of carbonyl (C=O) groups excluding carboxylic acids is 2. The average Bonchev–Trinajstić information content (AvgIpc) is 2.86. The monoisotopic (exact) mass is 364 g/mol. The van der Waals surface area contributed by atoms with Crippen molar-refractivity contribution in [3.63, 3.8) is 0 Å². The van der Waals surface area contributed by atoms with Gasteiger partial charge in [0.1, 0.15) is 0 Å². The number of fused-ring (bicyclic) bond motifs is 1. The lowest BCUT2D eigenvalue weighted by atomic mass is 10.00. The lowest BCUT2D eigenvalue weighted by Crippen LogP contribution is -2.43. The van der Waals surface area contributed by atoms with Gasteiger partial charge in [-0.25, -0.2) is 5.48 Å². The fourth-order valence-electron chi connectivity index (χ4n) is 3.02. The van der Waals surface area contributed by atoms with Gasteiger partial charge in [0.2, 0.25) is 0 Å². The molecule has 1 aliphatic heterocycles. The van der Waals surface area contributed by atoms with Crippen molar-refractivity contribution < 1.29 is 28.0 Å². The summed E-state index contributed by atoms with van der Waals surface area (Å²) in [5.41, 5.74) is 1.54. The van der Waals surface area contributed by atoms with Crippen molar-refractivity contribution in [2.45, 2.75) is 18.6 Å². The predicted molar refractivity (Wildman–Crippen MR) is 85.7 cm³/mol. The third-order valence-corrected chi connectivity index (χ3v) is 4.25. The van der Waals surface area contributed by atoms with Gasteiger partial charge in [0.05, 0.1) is 22.7 Å². The second-order valence-corrected chi connectivity index (χ2v) is 5.95. The minimum Gasteiger partial charge on any atom is -0.316 e. The number of imide groups is 1. The summed E-state index contributed by atoms with van der Waals surface area (Å²) in [6.07, 6.45) is -4.74. The van der Waals surface area contributed by atoms with Crippen molar-refractivity contribution in [3.8, 4) is 0 Å². The summed E-state index contributed by atoms with van der Waals surface area (Å²) in [5, 5.41) is 9.35. The molecule has 1 heterocycles. The van der Waals surface area contributed by atoms with Crippen LogP contribution < -0.4 is 5.48 Å². The molecule has 0 fully saturated rings. The molecule has 0 saturated heterocycles. The molecule has 2 amide bonds. The highest BCUT2D eigenvalue weighted by molar-refractivity contribution is 6.21. The molecule has 1 aliphatic rings. The zero-order valence-electron chi connectivity index (χ0n) is 13.5. The number of hydrogen-bond donors (Lipinski definition) is 2. The molecule has 136 valence electrons. The first-order chi connectivity index (χ1) is 12.3. The molecule has 2 aromatic rings. The van der Waals surface area contributed by atoms with E-state index in [1.807, 2.05) is 5.48 Å². The smallest absolute Gasteiger partial charge is 0.316 e. The maximum Gasteiger partial charge on any atom is 0.416 e. The van der Waals surface area contributed by atoms with E-state index < -0.39 is 29.6 Å². The number of amides is 2. The molecule has 3 rings (SSSR count). The number of nitrogens with zero attached hydrogens (tertiary/aromatic N) is 1. The minimum atomic E-state index is -4.54. The number of rotatable bonds is 5. The van der Waals surface area contributed by atoms with Crippen LogP contribution in [0.5, 0.6) is 0 Å². The van der Waals surface area contributed by atoms with Gasteiger partial charge < -0.3 is 5.21 Å². The number of halogens is 3. The maximum absolute atomic E-state index is 13.1. The first kappa shape index (κ1) is 18.1. The molecular formula is C18H15F3N2O3. The summed E-state index contributed by atoms with van der Waals surface area (Å²) in [6.45, 7) is -0.255. The number of benzene rings is 2. The number of nitrogens with one attached hydrogen (secondary N) is 1. The highest BCUT2D eigenvalue weighted by atomic mass is 19.4. The third kappa shape index (κ3) is 3.33. The fraction of sp³-hybridized carbons (Fsp3) is 0.222. The molecular weight excluding hydrogens is 349 g/mol. The molecule has 0 aliphatic carbocycles. The average molecular weight is 364 g/mol. The van der Waals surface area contributed by atoms with E-state index in [4.69, 9.17) is 0 Å². The van der Waals surface area contributed by atoms with Gasteiger partial charge in [-0.05, 0) is 30.2 Å². The Labute approximate surface area is 147 Å². The van der Waals surface area contributed by atoms with Crippen molar-refractivity contribution in [3.05, 3.63) is 70.8 Å². The molecule has 8 heteroatoms. The summed E-state index contributed by atoms with van der Waals surface area (Å²) in [6, 6.07) is 10.3. The second-order valence-electron chi connectivity index (χ2n) is 5.95. The number of alkyl halides is 3. The summed E-state index contributed by atoms with van der Waals surface area (Å²) < 4.78 is 39.3. The molecule has 0 bridgehead atoms. The molecule has 0 spiro atoms. The Morgan fingerprint density at radius 3 is 2.04 bits per heavy atom. The summed E-state index contributed by atoms with van der Waals surface area (Å²) >= 11 is 0. The predicted octanol–water partition coefficient (Wildman–Crippen LogP) is 2.89. The van der Waals surface area contributed by atoms with E-state index in [1.54, 1.807) is 12.1 Å². The SMILES string of the molecule is O=C1c2ccccc2C(=O)N1C[C@H](Cc1ccccc1C(F)(F)F)NO. The molecule has 5 nitrogen and oxygen atoms in total. The lowest BCUT2D eigenvalue weighted by molar-refractivity contribution is -0.138. The van der Waals surface area contributed by atoms with Crippen molar-refractivity contribution in [2.75, 3.05) is 6.54 Å². The van der Waals surface area contributed by atoms with Crippen LogP contribution >= 0.6 is 0 Å². The van der Waals surface area contributed by atoms with Crippen molar-refractivity contribution >= 4 is 11.8 Å². The largest absolute Gasteiger partial charge is 0.416 e. The minimum absolute atomic E-state index is 0.0387. The lowest BCUT2D eigenvalue weighted by Gasteiger charge is -2.22. The van der Waals surface area contributed by atoms with Gasteiger partial charge in [-0.3, -0.25) is 14.5 Å². The van der Waals surface area contributed by atoms with Gasteiger partial charge in [0.25, 0.3) is 11.8 Å². The van der Waals surface area contributed by atoms with Crippen LogP contribution in [0.25, 0.3) is 0 Å². The van der Waals surface area contributed by atoms with Crippen LogP contribution in [-0.2, 0) is 12.6 Å². The van der Waals surface area contributed by atoms with Gasteiger partial charge in [0.15, 0.2) is 0 Å². The molecule has 2 N–H and O–H groups in total. The Balaban J connectivity index is 1.80. The van der Waals surface area contributed by atoms with E-state index in [0.29, 0.717) is 0 Å². The Kier molecular flexibility index (Phi) is 4.80. The maximum atomic E-state index is 13.1. The van der Waals surface area contributed by atoms with Crippen LogP contribution in [0.3, 0.4) is 0 Å². The van der Waals surface area contributed by atoms with Crippen LogP contribution in [-0.4, -0.2) is 34.5 Å². The zero-order valence-corrected chi connectivity index (χ0v) is 13.5. The molecule has 0 radical (unpaired) electrons. The quantitative estimate of drug-likeness (QED) is 0.632. The summed E-state index contributed by atoms with van der Waals surface area (Å²) in [5.74, 6) is -1.06. The van der Waals surface area contributed by atoms with Crippen LogP contribution in [0.15, 0.2) is 48.5 Å². The Bertz CT molecular complexity index is 817. The van der Waals surface area contributed by atoms with Crippen LogP contribution in [0.2, 0.25) is 0 Å². The zero-order chi connectivity index (χ0) is 18.9. The van der Waals surface area contributed by atoms with Crippen LogP contribution in [0.1, 0.15) is 31.8 Å². The van der Waals surface area contributed by atoms with Gasteiger partial charge in [-0.1, -0.05) is 30.3 Å². The fourth-order valence-corrected chi connectivity index (χ4v) is 3.02. The van der Waals surface area contributed by atoms with E-state index >= 15 is 0 Å². The topological polar surface area (TPSA) is 69.6 Å². The number of carbonyl (C=O) groups is 2. The molecule has 0 unspecified atom stereocenters. The molecule has 0 saturated carbocycles. The molecule has 26 heavy (non-hydrogen) atoms. The molecule has 2 aromatic carbocycles. The first-order valence-corrected chi connectivity index (χ1v) is 7.83. The number of hydrogen-bond acceptors (Lipinski definition) is 4. The van der Waals surface area contributed by atoms with Crippen LogP contribution in [0, 0.1) is 0 Å². The Hall–Kier alpha value is -2.71. The van der Waals surface area contributed by atoms with E-state index in [2.05, 4.69) is 0 Å². The summed E-state index contributed by atoms with van der Waals surface area (Å²) in [4.78, 5) is 25.6. The molecule has 0 aromatic heterocycles. The van der Waals surface area contributed by atoms with Crippen molar-refractivity contribution in [1.29, 1.82) is 0 Å².